The van der Waals surface area contributed by atoms with Gasteiger partial charge in [0, 0.05) is 5.69 Å². The van der Waals surface area contributed by atoms with Crippen LogP contribution in [0.25, 0.3) is 6.08 Å². The second-order valence-electron chi connectivity index (χ2n) is 6.99. The van der Waals surface area contributed by atoms with Crippen molar-refractivity contribution < 1.29 is 14.3 Å². The summed E-state index contributed by atoms with van der Waals surface area (Å²) in [6.07, 6.45) is 1.50. The van der Waals surface area contributed by atoms with Crippen LogP contribution in [-0.2, 0) is 6.61 Å². The highest BCUT2D eigenvalue weighted by molar-refractivity contribution is 6.42. The number of carbonyl (C=O) groups excluding carboxylic acids is 1. The Balaban J connectivity index is 1.85. The summed E-state index contributed by atoms with van der Waals surface area (Å²) in [5.74, 6) is 0.534. The van der Waals surface area contributed by atoms with E-state index in [-0.39, 0.29) is 12.2 Å². The van der Waals surface area contributed by atoms with Crippen LogP contribution in [0.4, 0.5) is 0 Å². The molecule has 164 valence electrons. The predicted octanol–water partition coefficient (Wildman–Crippen LogP) is 6.03. The first-order chi connectivity index (χ1) is 15.3. The minimum Gasteiger partial charge on any atom is -0.490 e. The van der Waals surface area contributed by atoms with Gasteiger partial charge < -0.3 is 9.47 Å². The summed E-state index contributed by atoms with van der Waals surface area (Å²) in [6.45, 7) is 6.11. The van der Waals surface area contributed by atoms with Crippen LogP contribution < -0.4 is 9.47 Å². The average Bonchev–Trinajstić information content (AvgIpc) is 3.11. The van der Waals surface area contributed by atoms with E-state index in [9.17, 15) is 10.1 Å². The molecule has 0 atom stereocenters. The lowest BCUT2D eigenvalue weighted by Crippen LogP contribution is -2.15. The molecule has 6 nitrogen and oxygen atoms in total. The lowest BCUT2D eigenvalue weighted by molar-refractivity contribution is 0.0943. The van der Waals surface area contributed by atoms with Gasteiger partial charge in [-0.1, -0.05) is 35.3 Å². The Morgan fingerprint density at radius 2 is 1.88 bits per heavy atom. The van der Waals surface area contributed by atoms with Gasteiger partial charge in [-0.2, -0.15) is 10.4 Å². The van der Waals surface area contributed by atoms with Crippen LogP contribution in [0.15, 0.2) is 48.0 Å². The third kappa shape index (κ3) is 5.50. The summed E-state index contributed by atoms with van der Waals surface area (Å²) in [5.41, 5.74) is 2.81. The number of hydrogen-bond acceptors (Lipinski definition) is 5. The molecule has 32 heavy (non-hydrogen) atoms. The van der Waals surface area contributed by atoms with E-state index in [0.717, 1.165) is 5.56 Å². The van der Waals surface area contributed by atoms with Gasteiger partial charge in [0.15, 0.2) is 11.5 Å². The Morgan fingerprint density at radius 1 is 1.09 bits per heavy atom. The number of nitrogens with zero attached hydrogens (tertiary/aromatic N) is 3. The Bertz CT molecular complexity index is 1230. The van der Waals surface area contributed by atoms with Crippen LogP contribution in [-0.4, -0.2) is 22.3 Å². The van der Waals surface area contributed by atoms with Crippen molar-refractivity contribution in [2.45, 2.75) is 27.4 Å². The zero-order chi connectivity index (χ0) is 23.3. The molecule has 0 aliphatic heterocycles. The van der Waals surface area contributed by atoms with Crippen molar-refractivity contribution in [1.29, 1.82) is 5.26 Å². The van der Waals surface area contributed by atoms with Crippen molar-refractivity contribution in [3.05, 3.63) is 80.6 Å². The molecule has 0 fully saturated rings. The van der Waals surface area contributed by atoms with Gasteiger partial charge in [-0.15, -0.1) is 0 Å². The SMILES string of the molecule is CCOc1cc(/C=C(\C#N)C(=O)n2nc(C)cc2C)ccc1OCc1ccc(Cl)c(Cl)c1. The minimum absolute atomic E-state index is 0.0388. The molecule has 0 radical (unpaired) electrons. The van der Waals surface area contributed by atoms with E-state index in [1.165, 1.54) is 10.8 Å². The summed E-state index contributed by atoms with van der Waals surface area (Å²) in [7, 11) is 0. The molecular formula is C24H21Cl2N3O3. The van der Waals surface area contributed by atoms with Gasteiger partial charge in [0.1, 0.15) is 18.2 Å². The standard InChI is InChI=1S/C24H21Cl2N3O3/c1-4-31-23-12-17(10-19(13-27)24(30)29-16(3)9-15(2)28-29)6-8-22(23)32-14-18-5-7-20(25)21(26)11-18/h5-12H,4,14H2,1-3H3/b19-10+. The van der Waals surface area contributed by atoms with Gasteiger partial charge in [0.05, 0.1) is 22.3 Å². The van der Waals surface area contributed by atoms with Crippen LogP contribution in [0.3, 0.4) is 0 Å². The normalized spacial score (nSPS) is 11.2. The fourth-order valence-corrected chi connectivity index (χ4v) is 3.37. The van der Waals surface area contributed by atoms with Crippen LogP contribution >= 0.6 is 23.2 Å². The predicted molar refractivity (Wildman–Crippen MR) is 124 cm³/mol. The van der Waals surface area contributed by atoms with E-state index in [0.29, 0.717) is 45.1 Å². The highest BCUT2D eigenvalue weighted by atomic mass is 35.5. The molecule has 0 saturated heterocycles. The number of hydrogen-bond donors (Lipinski definition) is 0. The zero-order valence-corrected chi connectivity index (χ0v) is 19.4. The van der Waals surface area contributed by atoms with Crippen molar-refractivity contribution in [1.82, 2.24) is 9.78 Å². The molecule has 0 bridgehead atoms. The number of benzene rings is 2. The Kier molecular flexibility index (Phi) is 7.57. The Morgan fingerprint density at radius 3 is 2.50 bits per heavy atom. The monoisotopic (exact) mass is 469 g/mol. The van der Waals surface area contributed by atoms with Crippen molar-refractivity contribution in [3.8, 4) is 17.6 Å². The van der Waals surface area contributed by atoms with Gasteiger partial charge in [-0.25, -0.2) is 4.68 Å². The largest absolute Gasteiger partial charge is 0.490 e. The quantitative estimate of drug-likeness (QED) is 0.311. The van der Waals surface area contributed by atoms with Crippen molar-refractivity contribution >= 4 is 35.2 Å². The van der Waals surface area contributed by atoms with Crippen LogP contribution in [0.2, 0.25) is 10.0 Å². The molecule has 8 heteroatoms. The molecule has 0 N–H and O–H groups in total. The molecule has 0 aliphatic carbocycles. The smallest absolute Gasteiger partial charge is 0.289 e. The second-order valence-corrected chi connectivity index (χ2v) is 7.80. The molecule has 0 unspecified atom stereocenters. The third-order valence-corrected chi connectivity index (χ3v) is 5.25. The maximum absolute atomic E-state index is 12.7. The highest BCUT2D eigenvalue weighted by Crippen LogP contribution is 2.31. The molecule has 1 heterocycles. The van der Waals surface area contributed by atoms with E-state index < -0.39 is 5.91 Å². The highest BCUT2D eigenvalue weighted by Gasteiger charge is 2.16. The van der Waals surface area contributed by atoms with Crippen LogP contribution in [0.1, 0.15) is 34.2 Å². The summed E-state index contributed by atoms with van der Waals surface area (Å²) in [4.78, 5) is 12.7. The molecule has 0 spiro atoms. The molecule has 3 aromatic rings. The summed E-state index contributed by atoms with van der Waals surface area (Å²) in [5, 5.41) is 14.6. The molecule has 0 saturated carbocycles. The molecule has 0 amide bonds. The van der Waals surface area contributed by atoms with Gasteiger partial charge in [-0.05, 0) is 68.3 Å². The van der Waals surface area contributed by atoms with Crippen molar-refractivity contribution in [2.75, 3.05) is 6.61 Å². The number of halogens is 2. The lowest BCUT2D eigenvalue weighted by Gasteiger charge is -2.13. The van der Waals surface area contributed by atoms with E-state index >= 15 is 0 Å². The first-order valence-electron chi connectivity index (χ1n) is 9.85. The van der Waals surface area contributed by atoms with Crippen molar-refractivity contribution in [2.24, 2.45) is 0 Å². The first-order valence-corrected chi connectivity index (χ1v) is 10.6. The molecule has 2 aromatic carbocycles. The van der Waals surface area contributed by atoms with E-state index in [4.69, 9.17) is 32.7 Å². The van der Waals surface area contributed by atoms with E-state index in [2.05, 4.69) is 5.10 Å². The van der Waals surface area contributed by atoms with Crippen LogP contribution in [0, 0.1) is 25.2 Å². The fourth-order valence-electron chi connectivity index (χ4n) is 3.05. The maximum atomic E-state index is 12.7. The second kappa shape index (κ2) is 10.4. The molecule has 1 aromatic heterocycles. The first kappa shape index (κ1) is 23.4. The van der Waals surface area contributed by atoms with Gasteiger partial charge in [0.2, 0.25) is 0 Å². The number of nitriles is 1. The van der Waals surface area contributed by atoms with Gasteiger partial charge in [-0.3, -0.25) is 4.79 Å². The number of ether oxygens (including phenoxy) is 2. The molecule has 0 aliphatic rings. The lowest BCUT2D eigenvalue weighted by atomic mass is 10.1. The summed E-state index contributed by atoms with van der Waals surface area (Å²) >= 11 is 12.0. The van der Waals surface area contributed by atoms with Gasteiger partial charge >= 0.3 is 0 Å². The zero-order valence-electron chi connectivity index (χ0n) is 17.9. The molecule has 3 rings (SSSR count). The minimum atomic E-state index is -0.490. The van der Waals surface area contributed by atoms with Crippen molar-refractivity contribution in [3.63, 3.8) is 0 Å². The van der Waals surface area contributed by atoms with Crippen LogP contribution in [0.5, 0.6) is 11.5 Å². The van der Waals surface area contributed by atoms with E-state index in [1.54, 1.807) is 50.2 Å². The molecular weight excluding hydrogens is 449 g/mol. The fraction of sp³-hybridized carbons (Fsp3) is 0.208. The Labute approximate surface area is 196 Å². The summed E-state index contributed by atoms with van der Waals surface area (Å²) < 4.78 is 12.8. The number of allylic oxidation sites excluding steroid dienone is 1. The average molecular weight is 470 g/mol. The number of carbonyl (C=O) groups is 1. The Hall–Kier alpha value is -3.27. The van der Waals surface area contributed by atoms with Gasteiger partial charge in [0.25, 0.3) is 5.91 Å². The number of aromatic nitrogens is 2. The van der Waals surface area contributed by atoms with E-state index in [1.807, 2.05) is 19.1 Å². The number of rotatable bonds is 7. The maximum Gasteiger partial charge on any atom is 0.289 e. The third-order valence-electron chi connectivity index (χ3n) is 4.51. The summed E-state index contributed by atoms with van der Waals surface area (Å²) in [6, 6.07) is 14.2. The topological polar surface area (TPSA) is 77.1 Å². The number of aryl methyl sites for hydroxylation is 2.